The molecule has 1 atom stereocenters. The minimum absolute atomic E-state index is 0.0497. The summed E-state index contributed by atoms with van der Waals surface area (Å²) < 4.78 is 0. The number of benzene rings is 2. The Balaban J connectivity index is 1.51. The first kappa shape index (κ1) is 15.5. The zero-order valence-electron chi connectivity index (χ0n) is 14.1. The van der Waals surface area contributed by atoms with Crippen LogP contribution in [-0.2, 0) is 17.6 Å². The van der Waals surface area contributed by atoms with Gasteiger partial charge in [0.2, 0.25) is 5.91 Å². The first-order chi connectivity index (χ1) is 12.2. The average Bonchev–Trinajstić information content (AvgIpc) is 3.02. The van der Waals surface area contributed by atoms with Gasteiger partial charge in [0.1, 0.15) is 5.82 Å². The van der Waals surface area contributed by atoms with Crippen LogP contribution in [0.3, 0.4) is 0 Å². The molecule has 1 aromatic heterocycles. The van der Waals surface area contributed by atoms with Crippen molar-refractivity contribution in [2.45, 2.75) is 25.7 Å². The van der Waals surface area contributed by atoms with Crippen LogP contribution in [0.1, 0.15) is 29.8 Å². The van der Waals surface area contributed by atoms with Crippen molar-refractivity contribution in [3.63, 3.8) is 0 Å². The van der Waals surface area contributed by atoms with E-state index in [1.165, 1.54) is 5.56 Å². The highest BCUT2D eigenvalue weighted by molar-refractivity contribution is 5.99. The van der Waals surface area contributed by atoms with E-state index < -0.39 is 0 Å². The zero-order chi connectivity index (χ0) is 17.2. The van der Waals surface area contributed by atoms with E-state index >= 15 is 0 Å². The van der Waals surface area contributed by atoms with Crippen LogP contribution in [-0.4, -0.2) is 15.9 Å². The molecule has 1 N–H and O–H groups in total. The van der Waals surface area contributed by atoms with Gasteiger partial charge in [-0.2, -0.15) is 0 Å². The van der Waals surface area contributed by atoms with Crippen LogP contribution in [0.4, 0.5) is 5.69 Å². The van der Waals surface area contributed by atoms with Gasteiger partial charge in [0, 0.05) is 30.1 Å². The number of nitrogens with zero attached hydrogens (tertiary/aromatic N) is 2. The Kier molecular flexibility index (Phi) is 4.02. The van der Waals surface area contributed by atoms with E-state index in [1.807, 2.05) is 36.7 Å². The molecule has 25 heavy (non-hydrogen) atoms. The lowest BCUT2D eigenvalue weighted by Crippen LogP contribution is -2.03. The van der Waals surface area contributed by atoms with E-state index in [-0.39, 0.29) is 5.91 Å². The lowest BCUT2D eigenvalue weighted by molar-refractivity contribution is -0.115. The Morgan fingerprint density at radius 1 is 1.04 bits per heavy atom. The number of aromatic nitrogens is 2. The van der Waals surface area contributed by atoms with E-state index in [1.54, 1.807) is 0 Å². The number of nitrogens with one attached hydrogen (secondary N) is 1. The quantitative estimate of drug-likeness (QED) is 0.787. The third kappa shape index (κ3) is 3.29. The summed E-state index contributed by atoms with van der Waals surface area (Å²) in [7, 11) is 0. The minimum Gasteiger partial charge on any atom is -0.326 e. The van der Waals surface area contributed by atoms with E-state index in [0.717, 1.165) is 34.6 Å². The molecule has 124 valence electrons. The highest BCUT2D eigenvalue weighted by Gasteiger charge is 2.18. The number of hydrogen-bond donors (Lipinski definition) is 1. The maximum atomic E-state index is 11.5. The highest BCUT2D eigenvalue weighted by Crippen LogP contribution is 2.28. The fourth-order valence-electron chi connectivity index (χ4n) is 3.19. The topological polar surface area (TPSA) is 54.9 Å². The van der Waals surface area contributed by atoms with Gasteiger partial charge >= 0.3 is 0 Å². The van der Waals surface area contributed by atoms with Crippen molar-refractivity contribution in [1.29, 1.82) is 0 Å². The predicted molar refractivity (Wildman–Crippen MR) is 98.4 cm³/mol. The monoisotopic (exact) mass is 329 g/mol. The SMILES string of the molecule is C[C@H](Cc1ncc(-c2ccc3c(c2)CC(=O)N3)cn1)c1ccccc1. The van der Waals surface area contributed by atoms with Crippen LogP contribution in [0.2, 0.25) is 0 Å². The molecule has 0 saturated heterocycles. The van der Waals surface area contributed by atoms with Crippen molar-refractivity contribution in [2.24, 2.45) is 0 Å². The van der Waals surface area contributed by atoms with Gasteiger partial charge < -0.3 is 5.32 Å². The number of rotatable bonds is 4. The maximum Gasteiger partial charge on any atom is 0.228 e. The Labute approximate surface area is 147 Å². The minimum atomic E-state index is 0.0497. The fourth-order valence-corrected chi connectivity index (χ4v) is 3.19. The predicted octanol–water partition coefficient (Wildman–Crippen LogP) is 3.98. The maximum absolute atomic E-state index is 11.5. The summed E-state index contributed by atoms with van der Waals surface area (Å²) in [5.74, 6) is 1.27. The van der Waals surface area contributed by atoms with Crippen LogP contribution in [0.5, 0.6) is 0 Å². The number of fused-ring (bicyclic) bond motifs is 1. The Morgan fingerprint density at radius 3 is 2.56 bits per heavy atom. The van der Waals surface area contributed by atoms with Crippen molar-refractivity contribution < 1.29 is 4.79 Å². The Hall–Kier alpha value is -3.01. The number of amides is 1. The normalized spacial score (nSPS) is 14.0. The van der Waals surface area contributed by atoms with Crippen molar-refractivity contribution in [3.8, 4) is 11.1 Å². The van der Waals surface area contributed by atoms with Crippen molar-refractivity contribution >= 4 is 11.6 Å². The molecule has 4 nitrogen and oxygen atoms in total. The molecule has 1 aliphatic heterocycles. The highest BCUT2D eigenvalue weighted by atomic mass is 16.1. The largest absolute Gasteiger partial charge is 0.326 e. The lowest BCUT2D eigenvalue weighted by Gasteiger charge is -2.11. The molecular formula is C21H19N3O. The summed E-state index contributed by atoms with van der Waals surface area (Å²) in [6, 6.07) is 16.4. The fraction of sp³-hybridized carbons (Fsp3) is 0.190. The molecule has 0 unspecified atom stereocenters. The molecule has 0 radical (unpaired) electrons. The van der Waals surface area contributed by atoms with Gasteiger partial charge in [-0.1, -0.05) is 43.3 Å². The zero-order valence-corrected chi connectivity index (χ0v) is 14.1. The molecule has 1 amide bonds. The number of carbonyl (C=O) groups excluding carboxylic acids is 1. The Bertz CT molecular complexity index is 904. The summed E-state index contributed by atoms with van der Waals surface area (Å²) in [4.78, 5) is 20.5. The summed E-state index contributed by atoms with van der Waals surface area (Å²) in [5.41, 5.74) is 5.24. The molecule has 4 heteroatoms. The van der Waals surface area contributed by atoms with E-state index in [4.69, 9.17) is 0 Å². The van der Waals surface area contributed by atoms with Crippen LogP contribution in [0.25, 0.3) is 11.1 Å². The van der Waals surface area contributed by atoms with Crippen LogP contribution >= 0.6 is 0 Å². The van der Waals surface area contributed by atoms with Crippen molar-refractivity contribution in [2.75, 3.05) is 5.32 Å². The second kappa shape index (κ2) is 6.48. The van der Waals surface area contributed by atoms with Crippen molar-refractivity contribution in [3.05, 3.63) is 77.9 Å². The van der Waals surface area contributed by atoms with Gasteiger partial charge in [-0.3, -0.25) is 4.79 Å². The molecule has 0 fully saturated rings. The molecule has 3 aromatic rings. The second-order valence-electron chi connectivity index (χ2n) is 6.50. The summed E-state index contributed by atoms with van der Waals surface area (Å²) in [6.45, 7) is 2.19. The average molecular weight is 329 g/mol. The van der Waals surface area contributed by atoms with E-state index in [9.17, 15) is 4.79 Å². The van der Waals surface area contributed by atoms with Gasteiger partial charge in [-0.25, -0.2) is 9.97 Å². The molecule has 0 spiro atoms. The van der Waals surface area contributed by atoms with E-state index in [2.05, 4.69) is 46.5 Å². The summed E-state index contributed by atoms with van der Waals surface area (Å²) in [6.07, 6.45) is 4.99. The van der Waals surface area contributed by atoms with Crippen molar-refractivity contribution in [1.82, 2.24) is 9.97 Å². The molecule has 1 aliphatic rings. The molecule has 0 bridgehead atoms. The van der Waals surface area contributed by atoms with Crippen LogP contribution < -0.4 is 5.32 Å². The van der Waals surface area contributed by atoms with Crippen LogP contribution in [0, 0.1) is 0 Å². The van der Waals surface area contributed by atoms with Gasteiger partial charge in [0.05, 0.1) is 6.42 Å². The van der Waals surface area contributed by atoms with Gasteiger partial charge in [-0.15, -0.1) is 0 Å². The van der Waals surface area contributed by atoms with Gasteiger partial charge in [0.15, 0.2) is 0 Å². The first-order valence-corrected chi connectivity index (χ1v) is 8.48. The molecule has 0 aliphatic carbocycles. The standard InChI is InChI=1S/C21H19N3O/c1-14(15-5-3-2-4-6-15)9-20-22-12-18(13-23-20)16-7-8-19-17(10-16)11-21(25)24-19/h2-8,10,12-14H,9,11H2,1H3,(H,24,25)/t14-/m1/s1. The molecule has 4 rings (SSSR count). The number of carbonyl (C=O) groups is 1. The smallest absolute Gasteiger partial charge is 0.228 e. The second-order valence-corrected chi connectivity index (χ2v) is 6.50. The molecule has 0 saturated carbocycles. The van der Waals surface area contributed by atoms with E-state index in [0.29, 0.717) is 12.3 Å². The molecule has 2 aromatic carbocycles. The lowest BCUT2D eigenvalue weighted by atomic mass is 9.97. The Morgan fingerprint density at radius 2 is 1.80 bits per heavy atom. The summed E-state index contributed by atoms with van der Waals surface area (Å²) >= 11 is 0. The number of hydrogen-bond acceptors (Lipinski definition) is 3. The molecule has 2 heterocycles. The summed E-state index contributed by atoms with van der Waals surface area (Å²) in [5, 5.41) is 2.85. The van der Waals surface area contributed by atoms with Crippen LogP contribution in [0.15, 0.2) is 60.9 Å². The van der Waals surface area contributed by atoms with Gasteiger partial charge in [-0.05, 0) is 34.7 Å². The van der Waals surface area contributed by atoms with Gasteiger partial charge in [0.25, 0.3) is 0 Å². The third-order valence-electron chi connectivity index (χ3n) is 4.63. The number of anilines is 1. The molecular weight excluding hydrogens is 310 g/mol. The first-order valence-electron chi connectivity index (χ1n) is 8.48. The third-order valence-corrected chi connectivity index (χ3v) is 4.63.